The zero-order chi connectivity index (χ0) is 26.6. The van der Waals surface area contributed by atoms with Gasteiger partial charge < -0.3 is 14.8 Å². The molecule has 6 rings (SSSR count). The monoisotopic (exact) mass is 547 g/mol. The summed E-state index contributed by atoms with van der Waals surface area (Å²) < 4.78 is 19.9. The van der Waals surface area contributed by atoms with Crippen molar-refractivity contribution in [2.45, 2.75) is 45.3 Å². The van der Waals surface area contributed by atoms with E-state index in [4.69, 9.17) is 21.7 Å². The van der Waals surface area contributed by atoms with Crippen LogP contribution >= 0.6 is 22.9 Å². The van der Waals surface area contributed by atoms with E-state index in [-0.39, 0.29) is 11.6 Å². The van der Waals surface area contributed by atoms with Crippen molar-refractivity contribution < 1.29 is 4.39 Å². The van der Waals surface area contributed by atoms with Crippen molar-refractivity contribution in [1.29, 1.82) is 0 Å². The molecular weight excluding hydrogens is 521 g/mol. The first-order valence-corrected chi connectivity index (χ1v) is 13.7. The van der Waals surface area contributed by atoms with Gasteiger partial charge in [-0.1, -0.05) is 24.8 Å². The van der Waals surface area contributed by atoms with Crippen molar-refractivity contribution in [3.8, 4) is 0 Å². The summed E-state index contributed by atoms with van der Waals surface area (Å²) in [5, 5.41) is 11.6. The topological polar surface area (TPSA) is 63.8 Å². The maximum Gasteiger partial charge on any atom is 0.186 e. The summed E-state index contributed by atoms with van der Waals surface area (Å²) in [5.41, 5.74) is 4.67. The molecule has 2 aliphatic heterocycles. The Labute approximate surface area is 229 Å². The van der Waals surface area contributed by atoms with Crippen molar-refractivity contribution in [2.24, 2.45) is 0 Å². The number of aromatic nitrogens is 5. The Morgan fingerprint density at radius 3 is 2.87 bits per heavy atom. The minimum atomic E-state index is -0.479. The minimum Gasteiger partial charge on any atom is -0.346 e. The van der Waals surface area contributed by atoms with Crippen LogP contribution in [-0.2, 0) is 13.0 Å². The SMILES string of the molecule is C=C(Nc1nccs1)C(c1ncn2c1CCC2)n1cc2c(Cl)cc(C3=CC(=C)N(C(C)C)C=C3)c(F)c2n1. The molecule has 1 aromatic carbocycles. The maximum absolute atomic E-state index is 16.0. The van der Waals surface area contributed by atoms with Crippen LogP contribution in [0, 0.1) is 5.82 Å². The fourth-order valence-electron chi connectivity index (χ4n) is 5.17. The summed E-state index contributed by atoms with van der Waals surface area (Å²) >= 11 is 8.20. The van der Waals surface area contributed by atoms with Crippen LogP contribution in [0.25, 0.3) is 16.5 Å². The van der Waals surface area contributed by atoms with Gasteiger partial charge in [0.1, 0.15) is 11.6 Å². The van der Waals surface area contributed by atoms with Crippen LogP contribution in [0.3, 0.4) is 0 Å². The third kappa shape index (κ3) is 4.16. The van der Waals surface area contributed by atoms with E-state index in [0.717, 1.165) is 36.5 Å². The number of hydrogen-bond acceptors (Lipinski definition) is 6. The second-order valence-electron chi connectivity index (χ2n) is 9.76. The Hall–Kier alpha value is -3.69. The largest absolute Gasteiger partial charge is 0.346 e. The fourth-order valence-corrected chi connectivity index (χ4v) is 5.98. The lowest BCUT2D eigenvalue weighted by atomic mass is 10.00. The van der Waals surface area contributed by atoms with Crippen molar-refractivity contribution in [1.82, 2.24) is 29.2 Å². The molecule has 7 nitrogen and oxygen atoms in total. The molecule has 2 aliphatic rings. The first-order chi connectivity index (χ1) is 18.3. The molecule has 0 fully saturated rings. The molecule has 4 aromatic rings. The molecule has 10 heteroatoms. The van der Waals surface area contributed by atoms with E-state index in [1.807, 2.05) is 35.0 Å². The highest BCUT2D eigenvalue weighted by atomic mass is 35.5. The van der Waals surface area contributed by atoms with E-state index < -0.39 is 11.9 Å². The van der Waals surface area contributed by atoms with Crippen LogP contribution in [0.5, 0.6) is 0 Å². The Morgan fingerprint density at radius 2 is 2.13 bits per heavy atom. The van der Waals surface area contributed by atoms with Gasteiger partial charge in [-0.15, -0.1) is 11.3 Å². The van der Waals surface area contributed by atoms with Crippen LogP contribution in [0.1, 0.15) is 43.3 Å². The predicted molar refractivity (Wildman–Crippen MR) is 151 cm³/mol. The van der Waals surface area contributed by atoms with Crippen LogP contribution < -0.4 is 5.32 Å². The van der Waals surface area contributed by atoms with Gasteiger partial charge in [-0.2, -0.15) is 5.10 Å². The molecule has 5 heterocycles. The molecule has 3 aromatic heterocycles. The van der Waals surface area contributed by atoms with Gasteiger partial charge in [-0.25, -0.2) is 14.4 Å². The Kier molecular flexibility index (Phi) is 6.20. The summed E-state index contributed by atoms with van der Waals surface area (Å²) in [6.07, 6.45) is 13.0. The van der Waals surface area contributed by atoms with Gasteiger partial charge in [0.15, 0.2) is 10.9 Å². The number of allylic oxidation sites excluding steroid dienone is 4. The number of benzene rings is 1. The van der Waals surface area contributed by atoms with Crippen LogP contribution in [0.4, 0.5) is 9.52 Å². The number of thiazole rings is 1. The first-order valence-electron chi connectivity index (χ1n) is 12.5. The number of rotatable bonds is 7. The third-order valence-electron chi connectivity index (χ3n) is 6.99. The number of nitrogens with zero attached hydrogens (tertiary/aromatic N) is 6. The third-order valence-corrected chi connectivity index (χ3v) is 7.99. The molecule has 0 aliphatic carbocycles. The summed E-state index contributed by atoms with van der Waals surface area (Å²) in [6.45, 7) is 13.5. The lowest BCUT2D eigenvalue weighted by Crippen LogP contribution is -2.24. The minimum absolute atomic E-state index is 0.196. The van der Waals surface area contributed by atoms with E-state index in [0.29, 0.717) is 32.4 Å². The molecule has 1 N–H and O–H groups in total. The number of fused-ring (bicyclic) bond motifs is 2. The van der Waals surface area contributed by atoms with E-state index >= 15 is 4.39 Å². The number of hydrogen-bond donors (Lipinski definition) is 1. The quantitative estimate of drug-likeness (QED) is 0.276. The van der Waals surface area contributed by atoms with Crippen molar-refractivity contribution in [3.05, 3.63) is 101 Å². The van der Waals surface area contributed by atoms with Crippen molar-refractivity contribution in [3.63, 3.8) is 0 Å². The molecule has 0 radical (unpaired) electrons. The molecule has 0 spiro atoms. The summed E-state index contributed by atoms with van der Waals surface area (Å²) in [6, 6.07) is 1.43. The zero-order valence-electron chi connectivity index (χ0n) is 21.2. The molecule has 1 unspecified atom stereocenters. The van der Waals surface area contributed by atoms with E-state index in [1.165, 1.54) is 11.3 Å². The summed E-state index contributed by atoms with van der Waals surface area (Å²) in [7, 11) is 0. The Balaban J connectivity index is 1.44. The molecule has 0 bridgehead atoms. The van der Waals surface area contributed by atoms with Gasteiger partial charge in [-0.3, -0.25) is 4.68 Å². The Morgan fingerprint density at radius 1 is 1.29 bits per heavy atom. The van der Waals surface area contributed by atoms with Gasteiger partial charge in [-0.05, 0) is 50.5 Å². The molecule has 194 valence electrons. The van der Waals surface area contributed by atoms with E-state index in [1.54, 1.807) is 23.1 Å². The fraction of sp³-hybridized carbons (Fsp3) is 0.250. The number of halogens is 2. The van der Waals surface area contributed by atoms with Crippen LogP contribution in [0.15, 0.2) is 73.1 Å². The van der Waals surface area contributed by atoms with Crippen molar-refractivity contribution in [2.75, 3.05) is 5.32 Å². The molecule has 38 heavy (non-hydrogen) atoms. The first kappa shape index (κ1) is 24.6. The predicted octanol–water partition coefficient (Wildman–Crippen LogP) is 6.78. The summed E-state index contributed by atoms with van der Waals surface area (Å²) in [4.78, 5) is 11.1. The van der Waals surface area contributed by atoms with Gasteiger partial charge in [0, 0.05) is 64.6 Å². The summed E-state index contributed by atoms with van der Waals surface area (Å²) in [5.74, 6) is -0.433. The number of imidazole rings is 1. The maximum atomic E-state index is 16.0. The highest BCUT2D eigenvalue weighted by Crippen LogP contribution is 2.37. The average Bonchev–Trinajstić information content (AvgIpc) is 3.67. The lowest BCUT2D eigenvalue weighted by molar-refractivity contribution is 0.395. The van der Waals surface area contributed by atoms with Gasteiger partial charge in [0.2, 0.25) is 0 Å². The average molecular weight is 548 g/mol. The second kappa shape index (κ2) is 9.56. The molecular formula is C28H27ClFN7S. The normalized spacial score (nSPS) is 15.9. The highest BCUT2D eigenvalue weighted by Gasteiger charge is 2.29. The highest BCUT2D eigenvalue weighted by molar-refractivity contribution is 7.13. The van der Waals surface area contributed by atoms with E-state index in [9.17, 15) is 0 Å². The van der Waals surface area contributed by atoms with E-state index in [2.05, 4.69) is 41.9 Å². The standard InChI is InChI=1S/C28H27ClFN7S/c1-16(2)36-10-7-19(12-17(36)3)20-13-22(29)21-14-37(34-25(21)24(20)30)27(18(4)33-28-31-8-11-38-28)26-23-6-5-9-35(23)15-32-26/h7-8,10-16,27H,3-6,9H2,1-2H3,(H,31,33). The zero-order valence-corrected chi connectivity index (χ0v) is 22.7. The second-order valence-corrected chi connectivity index (χ2v) is 11.1. The van der Waals surface area contributed by atoms with Gasteiger partial charge in [0.25, 0.3) is 0 Å². The lowest BCUT2D eigenvalue weighted by Gasteiger charge is -2.28. The molecule has 1 atom stereocenters. The van der Waals surface area contributed by atoms with Crippen LogP contribution in [0.2, 0.25) is 5.02 Å². The molecule has 0 saturated heterocycles. The van der Waals surface area contributed by atoms with Gasteiger partial charge >= 0.3 is 0 Å². The Bertz CT molecular complexity index is 1630. The number of aryl methyl sites for hydroxylation is 1. The molecule has 0 saturated carbocycles. The molecule has 0 amide bonds. The van der Waals surface area contributed by atoms with Gasteiger partial charge in [0.05, 0.1) is 17.0 Å². The smallest absolute Gasteiger partial charge is 0.186 e. The number of nitrogens with one attached hydrogen (secondary N) is 1. The number of anilines is 1. The van der Waals surface area contributed by atoms with Crippen molar-refractivity contribution >= 4 is 44.5 Å². The van der Waals surface area contributed by atoms with Crippen LogP contribution in [-0.4, -0.2) is 35.3 Å².